The highest BCUT2D eigenvalue weighted by Gasteiger charge is 2.39. The van der Waals surface area contributed by atoms with Gasteiger partial charge < -0.3 is 0 Å². The van der Waals surface area contributed by atoms with E-state index in [1.807, 2.05) is 0 Å². The number of carbonyl (C=O) groups excluding carboxylic acids is 1. The number of ketones is 1. The van der Waals surface area contributed by atoms with Crippen LogP contribution in [0.4, 0.5) is 26.3 Å². The molecule has 1 aliphatic rings. The van der Waals surface area contributed by atoms with Crippen molar-refractivity contribution in [3.8, 4) is 0 Å². The Balaban J connectivity index is 2.46. The van der Waals surface area contributed by atoms with Gasteiger partial charge in [-0.2, -0.15) is 26.3 Å². The summed E-state index contributed by atoms with van der Waals surface area (Å²) in [4.78, 5) is 11.9. The van der Waals surface area contributed by atoms with E-state index >= 15 is 0 Å². The lowest BCUT2D eigenvalue weighted by Crippen LogP contribution is -2.31. The SMILES string of the molecule is CC1(Cc2cc(C(F)(F)F)cc(C(F)(F)F)c2)CCC=[C]C1=O. The third-order valence-electron chi connectivity index (χ3n) is 3.86. The maximum absolute atomic E-state index is 12.8. The average Bonchev–Trinajstić information content (AvgIpc) is 2.40. The molecule has 1 atom stereocenters. The van der Waals surface area contributed by atoms with Crippen LogP contribution >= 0.6 is 0 Å². The molecule has 0 N–H and O–H groups in total. The van der Waals surface area contributed by atoms with Gasteiger partial charge in [-0.05, 0) is 43.0 Å². The Morgan fingerprint density at radius 2 is 1.57 bits per heavy atom. The van der Waals surface area contributed by atoms with Crippen LogP contribution in [0.25, 0.3) is 0 Å². The lowest BCUT2D eigenvalue weighted by molar-refractivity contribution is -0.143. The molecule has 0 fully saturated rings. The number of benzene rings is 1. The number of halogens is 6. The molecular weight excluding hydrogens is 322 g/mol. The number of rotatable bonds is 2. The molecule has 0 aromatic heterocycles. The molecule has 0 bridgehead atoms. The minimum atomic E-state index is -4.89. The number of alkyl halides is 6. The molecule has 0 saturated carbocycles. The topological polar surface area (TPSA) is 17.1 Å². The summed E-state index contributed by atoms with van der Waals surface area (Å²) in [6.45, 7) is 1.53. The van der Waals surface area contributed by atoms with Crippen LogP contribution in [0.1, 0.15) is 36.5 Å². The number of hydrogen-bond donors (Lipinski definition) is 0. The van der Waals surface area contributed by atoms with Gasteiger partial charge in [-0.3, -0.25) is 4.79 Å². The predicted molar refractivity (Wildman–Crippen MR) is 70.3 cm³/mol. The first-order valence-corrected chi connectivity index (χ1v) is 6.83. The van der Waals surface area contributed by atoms with E-state index in [2.05, 4.69) is 6.08 Å². The van der Waals surface area contributed by atoms with Crippen molar-refractivity contribution in [2.45, 2.75) is 38.5 Å². The van der Waals surface area contributed by atoms with Crippen molar-refractivity contribution in [3.05, 3.63) is 47.0 Å². The molecule has 0 amide bonds. The zero-order valence-corrected chi connectivity index (χ0v) is 12.1. The van der Waals surface area contributed by atoms with Gasteiger partial charge in [0, 0.05) is 11.5 Å². The van der Waals surface area contributed by atoms with Crippen LogP contribution in [0.3, 0.4) is 0 Å². The van der Waals surface area contributed by atoms with E-state index in [9.17, 15) is 31.1 Å². The van der Waals surface area contributed by atoms with Gasteiger partial charge in [-0.25, -0.2) is 0 Å². The highest BCUT2D eigenvalue weighted by atomic mass is 19.4. The Labute approximate surface area is 129 Å². The second-order valence-corrected chi connectivity index (χ2v) is 5.87. The number of allylic oxidation sites excluding steroid dienone is 2. The number of hydrogen-bond acceptors (Lipinski definition) is 1. The van der Waals surface area contributed by atoms with Crippen molar-refractivity contribution >= 4 is 5.78 Å². The van der Waals surface area contributed by atoms with Gasteiger partial charge in [0.1, 0.15) is 0 Å². The molecular formula is C16H13F6O. The molecule has 0 aliphatic heterocycles. The summed E-state index contributed by atoms with van der Waals surface area (Å²) in [7, 11) is 0. The molecule has 1 aromatic rings. The van der Waals surface area contributed by atoms with Gasteiger partial charge in [0.2, 0.25) is 0 Å². The summed E-state index contributed by atoms with van der Waals surface area (Å²) in [6.07, 6.45) is -5.11. The van der Waals surface area contributed by atoms with E-state index in [1.54, 1.807) is 0 Å². The first kappa shape index (κ1) is 17.6. The molecule has 1 nitrogen and oxygen atoms in total. The van der Waals surface area contributed by atoms with Crippen LogP contribution < -0.4 is 0 Å². The van der Waals surface area contributed by atoms with E-state index in [0.717, 1.165) is 0 Å². The molecule has 1 aromatic carbocycles. The fourth-order valence-electron chi connectivity index (χ4n) is 2.58. The zero-order chi connectivity index (χ0) is 17.5. The van der Waals surface area contributed by atoms with Crippen molar-refractivity contribution < 1.29 is 31.1 Å². The maximum Gasteiger partial charge on any atom is 0.416 e. The highest BCUT2D eigenvalue weighted by Crippen LogP contribution is 2.39. The summed E-state index contributed by atoms with van der Waals surface area (Å²) in [6, 6.07) is 1.43. The molecule has 0 saturated heterocycles. The Hall–Kier alpha value is -1.79. The van der Waals surface area contributed by atoms with Crippen molar-refractivity contribution in [2.24, 2.45) is 5.41 Å². The summed E-state index contributed by atoms with van der Waals surface area (Å²) in [5, 5.41) is 0. The maximum atomic E-state index is 12.8. The lowest BCUT2D eigenvalue weighted by atomic mass is 9.73. The second-order valence-electron chi connectivity index (χ2n) is 5.87. The number of carbonyl (C=O) groups is 1. The molecule has 7 heteroatoms. The first-order valence-electron chi connectivity index (χ1n) is 6.83. The molecule has 1 radical (unpaired) electrons. The summed E-state index contributed by atoms with van der Waals surface area (Å²) in [5.41, 5.74) is -3.93. The van der Waals surface area contributed by atoms with E-state index in [1.165, 1.54) is 13.0 Å². The first-order chi connectivity index (χ1) is 10.4. The minimum Gasteiger partial charge on any atom is -0.294 e. The fraction of sp³-hybridized carbons (Fsp3) is 0.438. The fourth-order valence-corrected chi connectivity index (χ4v) is 2.58. The van der Waals surface area contributed by atoms with Crippen LogP contribution in [0.5, 0.6) is 0 Å². The van der Waals surface area contributed by atoms with Crippen molar-refractivity contribution in [1.29, 1.82) is 0 Å². The minimum absolute atomic E-state index is 0.0839. The Morgan fingerprint density at radius 1 is 1.04 bits per heavy atom. The summed E-state index contributed by atoms with van der Waals surface area (Å²) >= 11 is 0. The van der Waals surface area contributed by atoms with Gasteiger partial charge >= 0.3 is 12.4 Å². The van der Waals surface area contributed by atoms with Gasteiger partial charge in [-0.15, -0.1) is 0 Å². The van der Waals surface area contributed by atoms with Crippen LogP contribution in [-0.2, 0) is 23.6 Å². The Bertz CT molecular complexity index is 609. The predicted octanol–water partition coefficient (Wildman–Crippen LogP) is 5.00. The van der Waals surface area contributed by atoms with Gasteiger partial charge in [0.05, 0.1) is 11.1 Å². The summed E-state index contributed by atoms with van der Waals surface area (Å²) < 4.78 is 77.0. The van der Waals surface area contributed by atoms with E-state index in [4.69, 9.17) is 0 Å². The van der Waals surface area contributed by atoms with Crippen LogP contribution in [-0.4, -0.2) is 5.78 Å². The smallest absolute Gasteiger partial charge is 0.294 e. The van der Waals surface area contributed by atoms with E-state index in [-0.39, 0.29) is 18.1 Å². The molecule has 23 heavy (non-hydrogen) atoms. The Kier molecular flexibility index (Phi) is 4.34. The molecule has 0 spiro atoms. The largest absolute Gasteiger partial charge is 0.416 e. The van der Waals surface area contributed by atoms with Crippen molar-refractivity contribution in [1.82, 2.24) is 0 Å². The second kappa shape index (κ2) is 5.69. The summed E-state index contributed by atoms with van der Waals surface area (Å²) in [5.74, 6) is -0.408. The van der Waals surface area contributed by atoms with Gasteiger partial charge in [-0.1, -0.05) is 13.0 Å². The zero-order valence-electron chi connectivity index (χ0n) is 12.1. The average molecular weight is 335 g/mol. The standard InChI is InChI=1S/C16H13F6O/c1-14(5-3-2-4-13(14)23)9-10-6-11(15(17,18)19)8-12(7-10)16(20,21)22/h2,6-8H,3,5,9H2,1H3. The van der Waals surface area contributed by atoms with E-state index < -0.39 is 34.7 Å². The monoisotopic (exact) mass is 335 g/mol. The van der Waals surface area contributed by atoms with Crippen LogP contribution in [0.2, 0.25) is 0 Å². The van der Waals surface area contributed by atoms with Crippen molar-refractivity contribution in [3.63, 3.8) is 0 Å². The quantitative estimate of drug-likeness (QED) is 0.696. The highest BCUT2D eigenvalue weighted by molar-refractivity contribution is 5.92. The van der Waals surface area contributed by atoms with Gasteiger partial charge in [0.15, 0.2) is 5.78 Å². The molecule has 1 unspecified atom stereocenters. The van der Waals surface area contributed by atoms with E-state index in [0.29, 0.717) is 25.0 Å². The van der Waals surface area contributed by atoms with Gasteiger partial charge in [0.25, 0.3) is 0 Å². The Morgan fingerprint density at radius 3 is 2.00 bits per heavy atom. The molecule has 2 rings (SSSR count). The van der Waals surface area contributed by atoms with Crippen LogP contribution in [0.15, 0.2) is 24.3 Å². The molecule has 0 heterocycles. The molecule has 125 valence electrons. The third-order valence-corrected chi connectivity index (χ3v) is 3.86. The third kappa shape index (κ3) is 3.95. The van der Waals surface area contributed by atoms with Crippen LogP contribution in [0, 0.1) is 11.5 Å². The lowest BCUT2D eigenvalue weighted by Gasteiger charge is -2.29. The normalized spacial score (nSPS) is 22.5. The number of Topliss-reactive ketones (excluding diaryl/α,β-unsaturated/α-hetero) is 1. The van der Waals surface area contributed by atoms with Crippen molar-refractivity contribution in [2.75, 3.05) is 0 Å². The molecule has 1 aliphatic carbocycles.